The summed E-state index contributed by atoms with van der Waals surface area (Å²) in [4.78, 5) is 24.2. The predicted octanol–water partition coefficient (Wildman–Crippen LogP) is 2.99. The van der Waals surface area contributed by atoms with Gasteiger partial charge in [-0.15, -0.1) is 11.8 Å². The lowest BCUT2D eigenvalue weighted by Gasteiger charge is -2.31. The van der Waals surface area contributed by atoms with Crippen molar-refractivity contribution in [2.24, 2.45) is 5.92 Å². The molecule has 0 spiro atoms. The van der Waals surface area contributed by atoms with Crippen LogP contribution in [0, 0.1) is 5.92 Å². The monoisotopic (exact) mass is 356 g/mol. The average molecular weight is 356 g/mol. The van der Waals surface area contributed by atoms with E-state index in [1.807, 2.05) is 17.8 Å². The van der Waals surface area contributed by atoms with Crippen LogP contribution in [0.15, 0.2) is 53.8 Å². The van der Waals surface area contributed by atoms with E-state index in [0.717, 1.165) is 50.5 Å². The smallest absolute Gasteiger partial charge is 0.223 e. The van der Waals surface area contributed by atoms with Crippen molar-refractivity contribution in [3.63, 3.8) is 0 Å². The Bertz CT molecular complexity index is 645. The van der Waals surface area contributed by atoms with E-state index in [1.54, 1.807) is 18.6 Å². The Hall–Kier alpha value is -2.08. The van der Waals surface area contributed by atoms with Crippen molar-refractivity contribution in [2.75, 3.05) is 30.3 Å². The number of carbonyl (C=O) groups excluding carboxylic acids is 1. The average Bonchev–Trinajstić information content (AvgIpc) is 2.69. The standard InChI is InChI=1S/C19H24N4OS/c24-19(22-9-4-14-25-17-5-2-1-3-6-17)16-7-12-23(13-8-16)18-15-20-10-11-21-18/h1-3,5-6,10-11,15-16H,4,7-9,12-14H2,(H,22,24). The molecule has 1 aromatic carbocycles. The van der Waals surface area contributed by atoms with Gasteiger partial charge in [-0.05, 0) is 37.1 Å². The first-order chi connectivity index (χ1) is 12.3. The number of hydrogen-bond donors (Lipinski definition) is 1. The Morgan fingerprint density at radius 1 is 1.20 bits per heavy atom. The first-order valence-corrected chi connectivity index (χ1v) is 9.78. The number of nitrogens with zero attached hydrogens (tertiary/aromatic N) is 3. The molecule has 1 N–H and O–H groups in total. The molecule has 1 aromatic heterocycles. The number of aromatic nitrogens is 2. The number of thioether (sulfide) groups is 1. The van der Waals surface area contributed by atoms with Crippen molar-refractivity contribution < 1.29 is 4.79 Å². The zero-order chi connectivity index (χ0) is 17.3. The van der Waals surface area contributed by atoms with Gasteiger partial charge in [0.25, 0.3) is 0 Å². The van der Waals surface area contributed by atoms with Crippen LogP contribution in [0.5, 0.6) is 0 Å². The number of nitrogens with one attached hydrogen (secondary N) is 1. The number of hydrogen-bond acceptors (Lipinski definition) is 5. The highest BCUT2D eigenvalue weighted by molar-refractivity contribution is 7.99. The van der Waals surface area contributed by atoms with Crippen LogP contribution in [0.25, 0.3) is 0 Å². The molecule has 1 aliphatic rings. The van der Waals surface area contributed by atoms with E-state index in [9.17, 15) is 4.79 Å². The Morgan fingerprint density at radius 2 is 2.00 bits per heavy atom. The van der Waals surface area contributed by atoms with E-state index >= 15 is 0 Å². The maximum atomic E-state index is 12.3. The second-order valence-corrected chi connectivity index (χ2v) is 7.30. The molecule has 1 aliphatic heterocycles. The van der Waals surface area contributed by atoms with Crippen molar-refractivity contribution >= 4 is 23.5 Å². The zero-order valence-electron chi connectivity index (χ0n) is 14.3. The molecule has 2 heterocycles. The fraction of sp³-hybridized carbons (Fsp3) is 0.421. The van der Waals surface area contributed by atoms with Crippen LogP contribution in [-0.4, -0.2) is 41.3 Å². The van der Waals surface area contributed by atoms with Gasteiger partial charge in [0.1, 0.15) is 5.82 Å². The topological polar surface area (TPSA) is 58.1 Å². The van der Waals surface area contributed by atoms with Crippen molar-refractivity contribution in [2.45, 2.75) is 24.2 Å². The molecule has 3 rings (SSSR count). The Labute approximate surface area is 153 Å². The molecule has 0 bridgehead atoms. The lowest BCUT2D eigenvalue weighted by atomic mass is 9.96. The van der Waals surface area contributed by atoms with E-state index in [4.69, 9.17) is 0 Å². The molecule has 0 radical (unpaired) electrons. The summed E-state index contributed by atoms with van der Waals surface area (Å²) < 4.78 is 0. The summed E-state index contributed by atoms with van der Waals surface area (Å²) in [6.07, 6.45) is 7.91. The number of anilines is 1. The predicted molar refractivity (Wildman–Crippen MR) is 102 cm³/mol. The van der Waals surface area contributed by atoms with Gasteiger partial charge in [0.15, 0.2) is 0 Å². The van der Waals surface area contributed by atoms with Crippen LogP contribution in [0.4, 0.5) is 5.82 Å². The van der Waals surface area contributed by atoms with E-state index < -0.39 is 0 Å². The summed E-state index contributed by atoms with van der Waals surface area (Å²) in [5.41, 5.74) is 0. The van der Waals surface area contributed by atoms with Gasteiger partial charge in [0.2, 0.25) is 5.91 Å². The van der Waals surface area contributed by atoms with Crippen molar-refractivity contribution in [3.8, 4) is 0 Å². The van der Waals surface area contributed by atoms with Crippen LogP contribution >= 0.6 is 11.8 Å². The van der Waals surface area contributed by atoms with Gasteiger partial charge < -0.3 is 10.2 Å². The molecular weight excluding hydrogens is 332 g/mol. The number of rotatable bonds is 7. The van der Waals surface area contributed by atoms with Gasteiger partial charge in [-0.25, -0.2) is 4.98 Å². The molecule has 1 fully saturated rings. The lowest BCUT2D eigenvalue weighted by Crippen LogP contribution is -2.41. The zero-order valence-corrected chi connectivity index (χ0v) is 15.1. The molecule has 0 saturated carbocycles. The van der Waals surface area contributed by atoms with Gasteiger partial charge in [-0.1, -0.05) is 18.2 Å². The molecular formula is C19H24N4OS. The van der Waals surface area contributed by atoms with E-state index in [0.29, 0.717) is 0 Å². The Balaban J connectivity index is 1.31. The maximum absolute atomic E-state index is 12.3. The fourth-order valence-corrected chi connectivity index (χ4v) is 3.83. The minimum atomic E-state index is 0.120. The van der Waals surface area contributed by atoms with Crippen molar-refractivity contribution in [1.29, 1.82) is 0 Å². The van der Waals surface area contributed by atoms with Crippen LogP contribution in [-0.2, 0) is 4.79 Å². The minimum absolute atomic E-state index is 0.120. The SMILES string of the molecule is O=C(NCCCSc1ccccc1)C1CCN(c2cnccn2)CC1. The third kappa shape index (κ3) is 5.46. The van der Waals surface area contributed by atoms with Crippen LogP contribution in [0.1, 0.15) is 19.3 Å². The third-order valence-corrected chi connectivity index (χ3v) is 5.47. The number of carbonyl (C=O) groups is 1. The highest BCUT2D eigenvalue weighted by atomic mass is 32.2. The molecule has 0 unspecified atom stereocenters. The van der Waals surface area contributed by atoms with Gasteiger partial charge in [-0.3, -0.25) is 9.78 Å². The number of piperidine rings is 1. The fourth-order valence-electron chi connectivity index (χ4n) is 2.96. The molecule has 6 heteroatoms. The normalized spacial score (nSPS) is 15.1. The molecule has 25 heavy (non-hydrogen) atoms. The molecule has 0 atom stereocenters. The maximum Gasteiger partial charge on any atom is 0.223 e. The van der Waals surface area contributed by atoms with Gasteiger partial charge in [0.05, 0.1) is 6.20 Å². The Kier molecular flexibility index (Phi) is 6.68. The van der Waals surface area contributed by atoms with Gasteiger partial charge >= 0.3 is 0 Å². The quantitative estimate of drug-likeness (QED) is 0.610. The molecule has 5 nitrogen and oxygen atoms in total. The molecule has 1 amide bonds. The second-order valence-electron chi connectivity index (χ2n) is 6.13. The summed E-state index contributed by atoms with van der Waals surface area (Å²) in [6.45, 7) is 2.48. The summed E-state index contributed by atoms with van der Waals surface area (Å²) in [6, 6.07) is 10.4. The van der Waals surface area contributed by atoms with Gasteiger partial charge in [0, 0.05) is 42.8 Å². The number of amides is 1. The summed E-state index contributed by atoms with van der Waals surface area (Å²) in [5, 5.41) is 3.09. The lowest BCUT2D eigenvalue weighted by molar-refractivity contribution is -0.125. The third-order valence-electron chi connectivity index (χ3n) is 4.37. The molecule has 2 aromatic rings. The van der Waals surface area contributed by atoms with E-state index in [2.05, 4.69) is 44.5 Å². The Morgan fingerprint density at radius 3 is 2.72 bits per heavy atom. The van der Waals surface area contributed by atoms with Gasteiger partial charge in [-0.2, -0.15) is 0 Å². The first kappa shape index (κ1) is 17.7. The number of benzene rings is 1. The highest BCUT2D eigenvalue weighted by Crippen LogP contribution is 2.21. The largest absolute Gasteiger partial charge is 0.356 e. The van der Waals surface area contributed by atoms with Crippen LogP contribution < -0.4 is 10.2 Å². The van der Waals surface area contributed by atoms with Crippen LogP contribution in [0.2, 0.25) is 0 Å². The summed E-state index contributed by atoms with van der Waals surface area (Å²) in [7, 11) is 0. The van der Waals surface area contributed by atoms with Crippen molar-refractivity contribution in [3.05, 3.63) is 48.9 Å². The van der Waals surface area contributed by atoms with E-state index in [-0.39, 0.29) is 11.8 Å². The molecule has 0 aliphatic carbocycles. The summed E-state index contributed by atoms with van der Waals surface area (Å²) >= 11 is 1.83. The molecule has 132 valence electrons. The van der Waals surface area contributed by atoms with E-state index in [1.165, 1.54) is 4.90 Å². The van der Waals surface area contributed by atoms with Crippen molar-refractivity contribution in [1.82, 2.24) is 15.3 Å². The van der Waals surface area contributed by atoms with Crippen LogP contribution in [0.3, 0.4) is 0 Å². The first-order valence-electron chi connectivity index (χ1n) is 8.79. The summed E-state index contributed by atoms with van der Waals surface area (Å²) in [5.74, 6) is 2.24. The molecule has 1 saturated heterocycles. The minimum Gasteiger partial charge on any atom is -0.356 e. The highest BCUT2D eigenvalue weighted by Gasteiger charge is 2.25. The second kappa shape index (κ2) is 9.42.